The molecule has 1 amide bonds. The van der Waals surface area contributed by atoms with Crippen LogP contribution < -0.4 is 14.4 Å². The highest BCUT2D eigenvalue weighted by Crippen LogP contribution is 2.31. The van der Waals surface area contributed by atoms with Crippen molar-refractivity contribution in [2.75, 3.05) is 37.7 Å². The van der Waals surface area contributed by atoms with E-state index in [1.807, 2.05) is 41.3 Å². The number of carbonyl (C=O) groups excluding carboxylic acids is 1. The number of pyridine rings is 1. The number of carbonyl (C=O) groups is 1. The highest BCUT2D eigenvalue weighted by Gasteiger charge is 2.32. The summed E-state index contributed by atoms with van der Waals surface area (Å²) in [5.41, 5.74) is 0.805. The van der Waals surface area contributed by atoms with E-state index in [0.717, 1.165) is 11.4 Å². The number of nitrogens with zero attached hydrogens (tertiary/aromatic N) is 5. The molecule has 0 bridgehead atoms. The molecule has 1 aromatic carbocycles. The van der Waals surface area contributed by atoms with E-state index in [1.54, 1.807) is 13.1 Å². The Morgan fingerprint density at radius 1 is 1.07 bits per heavy atom. The van der Waals surface area contributed by atoms with Crippen LogP contribution in [0.15, 0.2) is 47.1 Å². The highest BCUT2D eigenvalue weighted by atomic mass is 16.6. The van der Waals surface area contributed by atoms with Crippen LogP contribution in [0.1, 0.15) is 5.89 Å². The Labute approximate surface area is 173 Å². The lowest BCUT2D eigenvalue weighted by Crippen LogP contribution is -2.54. The van der Waals surface area contributed by atoms with Crippen LogP contribution in [-0.4, -0.2) is 64.8 Å². The molecule has 1 atom stereocenters. The van der Waals surface area contributed by atoms with Crippen LogP contribution in [0, 0.1) is 6.92 Å². The number of benzene rings is 1. The molecule has 0 saturated carbocycles. The summed E-state index contributed by atoms with van der Waals surface area (Å²) in [5.74, 6) is 3.15. The summed E-state index contributed by atoms with van der Waals surface area (Å²) >= 11 is 0. The summed E-state index contributed by atoms with van der Waals surface area (Å²) in [6.45, 7) is 4.59. The van der Waals surface area contributed by atoms with Gasteiger partial charge in [0.05, 0.1) is 0 Å². The second-order valence-electron chi connectivity index (χ2n) is 7.22. The molecule has 1 unspecified atom stereocenters. The summed E-state index contributed by atoms with van der Waals surface area (Å²) in [6, 6.07) is 11.3. The van der Waals surface area contributed by atoms with Crippen LogP contribution in [0.5, 0.6) is 11.5 Å². The standard InChI is InChI=1S/C21H21N5O4/c1-14-23-20(24-30-14)15-6-7-19(22-12-15)25-8-10-26(11-9-25)21(27)18-13-28-16-4-2-3-5-17(16)29-18/h2-7,12,18H,8-11,13H2,1H3. The lowest BCUT2D eigenvalue weighted by atomic mass is 10.2. The molecule has 2 aromatic heterocycles. The van der Waals surface area contributed by atoms with E-state index in [-0.39, 0.29) is 12.5 Å². The van der Waals surface area contributed by atoms with Gasteiger partial charge in [0.15, 0.2) is 11.5 Å². The van der Waals surface area contributed by atoms with E-state index in [1.165, 1.54) is 0 Å². The van der Waals surface area contributed by atoms with Crippen molar-refractivity contribution in [1.29, 1.82) is 0 Å². The number of anilines is 1. The molecule has 0 aliphatic carbocycles. The molecular formula is C21H21N5O4. The Bertz CT molecular complexity index is 1040. The fraction of sp³-hybridized carbons (Fsp3) is 0.333. The van der Waals surface area contributed by atoms with Crippen molar-refractivity contribution in [2.24, 2.45) is 0 Å². The normalized spacial score (nSPS) is 18.4. The van der Waals surface area contributed by atoms with Gasteiger partial charge in [-0.15, -0.1) is 0 Å². The number of aromatic nitrogens is 3. The number of fused-ring (bicyclic) bond motifs is 1. The molecule has 9 heteroatoms. The van der Waals surface area contributed by atoms with Crippen molar-refractivity contribution in [3.63, 3.8) is 0 Å². The zero-order chi connectivity index (χ0) is 20.5. The van der Waals surface area contributed by atoms with Gasteiger partial charge in [-0.1, -0.05) is 17.3 Å². The number of piperazine rings is 1. The van der Waals surface area contributed by atoms with Gasteiger partial charge < -0.3 is 23.8 Å². The molecular weight excluding hydrogens is 386 g/mol. The van der Waals surface area contributed by atoms with Crippen LogP contribution in [0.2, 0.25) is 0 Å². The smallest absolute Gasteiger partial charge is 0.267 e. The average Bonchev–Trinajstić information content (AvgIpc) is 3.25. The van der Waals surface area contributed by atoms with Crippen molar-refractivity contribution in [1.82, 2.24) is 20.0 Å². The molecule has 154 valence electrons. The van der Waals surface area contributed by atoms with Crippen molar-refractivity contribution in [3.8, 4) is 22.9 Å². The summed E-state index contributed by atoms with van der Waals surface area (Å²) in [4.78, 5) is 25.6. The van der Waals surface area contributed by atoms with E-state index in [4.69, 9.17) is 14.0 Å². The van der Waals surface area contributed by atoms with Gasteiger partial charge in [-0.25, -0.2) is 4.98 Å². The number of aryl methyl sites for hydroxylation is 1. The van der Waals surface area contributed by atoms with E-state index in [0.29, 0.717) is 49.4 Å². The Morgan fingerprint density at radius 2 is 1.87 bits per heavy atom. The zero-order valence-corrected chi connectivity index (χ0v) is 16.5. The summed E-state index contributed by atoms with van der Waals surface area (Å²) in [7, 11) is 0. The number of amides is 1. The molecule has 2 aliphatic rings. The van der Waals surface area contributed by atoms with Gasteiger partial charge >= 0.3 is 0 Å². The number of hydrogen-bond acceptors (Lipinski definition) is 8. The maximum absolute atomic E-state index is 12.9. The fourth-order valence-corrected chi connectivity index (χ4v) is 3.62. The minimum atomic E-state index is -0.609. The van der Waals surface area contributed by atoms with Gasteiger partial charge in [0.25, 0.3) is 5.91 Å². The van der Waals surface area contributed by atoms with Gasteiger partial charge in [-0.2, -0.15) is 4.98 Å². The molecule has 2 aliphatic heterocycles. The molecule has 0 N–H and O–H groups in total. The first kappa shape index (κ1) is 18.4. The molecule has 3 aromatic rings. The largest absolute Gasteiger partial charge is 0.485 e. The van der Waals surface area contributed by atoms with Crippen LogP contribution in [0.3, 0.4) is 0 Å². The molecule has 0 radical (unpaired) electrons. The first-order valence-electron chi connectivity index (χ1n) is 9.86. The molecule has 30 heavy (non-hydrogen) atoms. The zero-order valence-electron chi connectivity index (χ0n) is 16.5. The maximum Gasteiger partial charge on any atom is 0.267 e. The summed E-state index contributed by atoms with van der Waals surface area (Å²) < 4.78 is 16.5. The summed E-state index contributed by atoms with van der Waals surface area (Å²) in [6.07, 6.45) is 1.13. The molecule has 1 fully saturated rings. The minimum Gasteiger partial charge on any atom is -0.485 e. The maximum atomic E-state index is 12.9. The fourth-order valence-electron chi connectivity index (χ4n) is 3.62. The predicted octanol–water partition coefficient (Wildman–Crippen LogP) is 1.93. The molecule has 5 rings (SSSR count). The summed E-state index contributed by atoms with van der Waals surface area (Å²) in [5, 5.41) is 3.91. The van der Waals surface area contributed by atoms with Crippen molar-refractivity contribution in [2.45, 2.75) is 13.0 Å². The van der Waals surface area contributed by atoms with Gasteiger partial charge in [0, 0.05) is 44.9 Å². The first-order chi connectivity index (χ1) is 14.7. The third kappa shape index (κ3) is 3.54. The quantitative estimate of drug-likeness (QED) is 0.650. The SMILES string of the molecule is Cc1nc(-c2ccc(N3CCN(C(=O)C4COc5ccccc5O4)CC3)nc2)no1. The minimum absolute atomic E-state index is 0.0417. The Morgan fingerprint density at radius 3 is 2.57 bits per heavy atom. The van der Waals surface area contributed by atoms with Crippen LogP contribution in [-0.2, 0) is 4.79 Å². The van der Waals surface area contributed by atoms with Gasteiger partial charge in [-0.3, -0.25) is 4.79 Å². The van der Waals surface area contributed by atoms with E-state index in [9.17, 15) is 4.79 Å². The third-order valence-electron chi connectivity index (χ3n) is 5.23. The van der Waals surface area contributed by atoms with Crippen LogP contribution in [0.4, 0.5) is 5.82 Å². The number of hydrogen-bond donors (Lipinski definition) is 0. The van der Waals surface area contributed by atoms with Gasteiger partial charge in [0.2, 0.25) is 17.8 Å². The van der Waals surface area contributed by atoms with Crippen molar-refractivity contribution < 1.29 is 18.8 Å². The number of para-hydroxylation sites is 2. The van der Waals surface area contributed by atoms with E-state index >= 15 is 0 Å². The molecule has 9 nitrogen and oxygen atoms in total. The van der Waals surface area contributed by atoms with Gasteiger partial charge in [0.1, 0.15) is 12.4 Å². The molecule has 0 spiro atoms. The topological polar surface area (TPSA) is 93.8 Å². The highest BCUT2D eigenvalue weighted by molar-refractivity contribution is 5.82. The van der Waals surface area contributed by atoms with E-state index in [2.05, 4.69) is 20.0 Å². The Hall–Kier alpha value is -3.62. The van der Waals surface area contributed by atoms with Crippen molar-refractivity contribution in [3.05, 3.63) is 48.5 Å². The molecule has 1 saturated heterocycles. The lowest BCUT2D eigenvalue weighted by Gasteiger charge is -2.37. The van der Waals surface area contributed by atoms with Gasteiger partial charge in [-0.05, 0) is 24.3 Å². The predicted molar refractivity (Wildman–Crippen MR) is 107 cm³/mol. The second-order valence-corrected chi connectivity index (χ2v) is 7.22. The Kier molecular flexibility index (Phi) is 4.70. The van der Waals surface area contributed by atoms with E-state index < -0.39 is 6.10 Å². The first-order valence-corrected chi connectivity index (χ1v) is 9.86. The van der Waals surface area contributed by atoms with Crippen LogP contribution >= 0.6 is 0 Å². The lowest BCUT2D eigenvalue weighted by molar-refractivity contribution is -0.141. The Balaban J connectivity index is 1.19. The number of rotatable bonds is 3. The van der Waals surface area contributed by atoms with Crippen molar-refractivity contribution >= 4 is 11.7 Å². The van der Waals surface area contributed by atoms with Crippen LogP contribution in [0.25, 0.3) is 11.4 Å². The third-order valence-corrected chi connectivity index (χ3v) is 5.23. The second kappa shape index (κ2) is 7.66. The average molecular weight is 407 g/mol. The molecule has 4 heterocycles. The number of ether oxygens (including phenoxy) is 2. The monoisotopic (exact) mass is 407 g/mol.